The Kier molecular flexibility index (Phi) is 5.62. The highest BCUT2D eigenvalue weighted by atomic mass is 16.2. The van der Waals surface area contributed by atoms with Gasteiger partial charge in [-0.1, -0.05) is 47.5 Å². The molecule has 1 N–H and O–H groups in total. The van der Waals surface area contributed by atoms with E-state index in [2.05, 4.69) is 74.3 Å². The number of hydrogen-bond donors (Lipinski definition) is 1. The van der Waals surface area contributed by atoms with Gasteiger partial charge in [0.05, 0.1) is 0 Å². The quantitative estimate of drug-likeness (QED) is 0.896. The van der Waals surface area contributed by atoms with Gasteiger partial charge in [-0.15, -0.1) is 0 Å². The molecule has 2 amide bonds. The van der Waals surface area contributed by atoms with Gasteiger partial charge in [0.2, 0.25) is 0 Å². The van der Waals surface area contributed by atoms with Crippen molar-refractivity contribution >= 4 is 11.7 Å². The minimum Gasteiger partial charge on any atom is -0.322 e. The number of carbonyl (C=O) groups is 1. The molecule has 4 nitrogen and oxygen atoms in total. The van der Waals surface area contributed by atoms with E-state index in [0.717, 1.165) is 49.5 Å². The number of carbonyl (C=O) groups excluding carboxylic acids is 1. The lowest BCUT2D eigenvalue weighted by atomic mass is 10.1. The summed E-state index contributed by atoms with van der Waals surface area (Å²) in [7, 11) is 0. The molecule has 4 heteroatoms. The van der Waals surface area contributed by atoms with Crippen LogP contribution < -0.4 is 5.32 Å². The molecule has 1 aliphatic rings. The van der Waals surface area contributed by atoms with E-state index in [4.69, 9.17) is 0 Å². The monoisotopic (exact) mass is 351 g/mol. The van der Waals surface area contributed by atoms with Crippen molar-refractivity contribution in [2.24, 2.45) is 0 Å². The van der Waals surface area contributed by atoms with Gasteiger partial charge in [0.1, 0.15) is 0 Å². The van der Waals surface area contributed by atoms with E-state index in [0.29, 0.717) is 0 Å². The second-order valence-electron chi connectivity index (χ2n) is 7.46. The number of aryl methyl sites for hydroxylation is 4. The molecule has 1 heterocycles. The Morgan fingerprint density at radius 1 is 0.923 bits per heavy atom. The number of piperazine rings is 1. The molecule has 0 aromatic heterocycles. The van der Waals surface area contributed by atoms with Gasteiger partial charge < -0.3 is 10.2 Å². The van der Waals surface area contributed by atoms with Gasteiger partial charge >= 0.3 is 6.03 Å². The predicted molar refractivity (Wildman–Crippen MR) is 108 cm³/mol. The van der Waals surface area contributed by atoms with Crippen molar-refractivity contribution in [2.45, 2.75) is 34.2 Å². The summed E-state index contributed by atoms with van der Waals surface area (Å²) in [5.74, 6) is 0. The Bertz CT molecular complexity index is 769. The summed E-state index contributed by atoms with van der Waals surface area (Å²) in [5, 5.41) is 3.12. The van der Waals surface area contributed by atoms with Gasteiger partial charge in [-0.3, -0.25) is 4.90 Å². The molecule has 0 unspecified atom stereocenters. The summed E-state index contributed by atoms with van der Waals surface area (Å²) in [4.78, 5) is 17.0. The molecule has 1 saturated heterocycles. The number of hydrogen-bond acceptors (Lipinski definition) is 2. The zero-order valence-corrected chi connectivity index (χ0v) is 16.3. The molecular formula is C22H29N3O. The van der Waals surface area contributed by atoms with E-state index in [1.54, 1.807) is 0 Å². The van der Waals surface area contributed by atoms with Gasteiger partial charge in [0.15, 0.2) is 0 Å². The maximum atomic E-state index is 12.7. The van der Waals surface area contributed by atoms with Crippen LogP contribution in [0.3, 0.4) is 0 Å². The first-order valence-corrected chi connectivity index (χ1v) is 9.34. The van der Waals surface area contributed by atoms with E-state index >= 15 is 0 Å². The van der Waals surface area contributed by atoms with Crippen LogP contribution in [0.4, 0.5) is 10.5 Å². The van der Waals surface area contributed by atoms with Gasteiger partial charge in [-0.25, -0.2) is 4.79 Å². The zero-order valence-electron chi connectivity index (χ0n) is 16.3. The Balaban J connectivity index is 1.55. The highest BCUT2D eigenvalue weighted by molar-refractivity contribution is 5.91. The molecule has 2 aromatic carbocycles. The molecule has 1 fully saturated rings. The van der Waals surface area contributed by atoms with Crippen LogP contribution in [-0.4, -0.2) is 42.0 Å². The van der Waals surface area contributed by atoms with Crippen molar-refractivity contribution in [3.8, 4) is 0 Å². The van der Waals surface area contributed by atoms with Crippen molar-refractivity contribution in [1.29, 1.82) is 0 Å². The number of urea groups is 1. The molecule has 138 valence electrons. The van der Waals surface area contributed by atoms with Crippen molar-refractivity contribution in [3.05, 3.63) is 64.2 Å². The molecule has 0 aliphatic carbocycles. The summed E-state index contributed by atoms with van der Waals surface area (Å²) >= 11 is 0. The SMILES string of the molecule is Cc1cccc(CN2CCN(C(=O)Nc3c(C)cc(C)cc3C)CC2)c1. The van der Waals surface area contributed by atoms with Crippen molar-refractivity contribution in [2.75, 3.05) is 31.5 Å². The molecule has 0 bridgehead atoms. The van der Waals surface area contributed by atoms with Crippen LogP contribution >= 0.6 is 0 Å². The predicted octanol–water partition coefficient (Wildman–Crippen LogP) is 4.27. The standard InChI is InChI=1S/C22H29N3O/c1-16-6-5-7-20(14-16)15-24-8-10-25(11-9-24)22(26)23-21-18(3)12-17(2)13-19(21)4/h5-7,12-14H,8-11,15H2,1-4H3,(H,23,26). The molecule has 2 aromatic rings. The first-order chi connectivity index (χ1) is 12.4. The number of nitrogens with zero attached hydrogens (tertiary/aromatic N) is 2. The van der Waals surface area contributed by atoms with Crippen LogP contribution in [0, 0.1) is 27.7 Å². The Morgan fingerprint density at radius 2 is 1.58 bits per heavy atom. The lowest BCUT2D eigenvalue weighted by molar-refractivity contribution is 0.143. The topological polar surface area (TPSA) is 35.6 Å². The van der Waals surface area contributed by atoms with Crippen LogP contribution in [0.15, 0.2) is 36.4 Å². The van der Waals surface area contributed by atoms with Crippen LogP contribution in [0.5, 0.6) is 0 Å². The third-order valence-corrected chi connectivity index (χ3v) is 5.06. The van der Waals surface area contributed by atoms with E-state index in [-0.39, 0.29) is 6.03 Å². The normalized spacial score (nSPS) is 15.2. The van der Waals surface area contributed by atoms with Gasteiger partial charge in [-0.05, 0) is 44.4 Å². The first-order valence-electron chi connectivity index (χ1n) is 9.34. The lowest BCUT2D eigenvalue weighted by Crippen LogP contribution is -2.49. The number of benzene rings is 2. The molecule has 0 radical (unpaired) electrons. The molecule has 1 aliphatic heterocycles. The van der Waals surface area contributed by atoms with Crippen LogP contribution in [0.2, 0.25) is 0 Å². The van der Waals surface area contributed by atoms with E-state index in [1.807, 2.05) is 4.90 Å². The van der Waals surface area contributed by atoms with Crippen LogP contribution in [-0.2, 0) is 6.54 Å². The summed E-state index contributed by atoms with van der Waals surface area (Å²) in [6.45, 7) is 12.6. The maximum absolute atomic E-state index is 12.7. The fraction of sp³-hybridized carbons (Fsp3) is 0.409. The van der Waals surface area contributed by atoms with E-state index in [9.17, 15) is 4.79 Å². The minimum absolute atomic E-state index is 0.00950. The number of nitrogens with one attached hydrogen (secondary N) is 1. The number of anilines is 1. The van der Waals surface area contributed by atoms with Gasteiger partial charge in [0, 0.05) is 38.4 Å². The van der Waals surface area contributed by atoms with Gasteiger partial charge in [-0.2, -0.15) is 0 Å². The fourth-order valence-electron chi connectivity index (χ4n) is 3.74. The second kappa shape index (κ2) is 7.92. The van der Waals surface area contributed by atoms with Crippen molar-refractivity contribution in [3.63, 3.8) is 0 Å². The molecule has 0 saturated carbocycles. The largest absolute Gasteiger partial charge is 0.322 e. The zero-order chi connectivity index (χ0) is 18.7. The van der Waals surface area contributed by atoms with Crippen molar-refractivity contribution < 1.29 is 4.79 Å². The van der Waals surface area contributed by atoms with E-state index < -0.39 is 0 Å². The van der Waals surface area contributed by atoms with Gasteiger partial charge in [0.25, 0.3) is 0 Å². The Morgan fingerprint density at radius 3 is 2.19 bits per heavy atom. The highest BCUT2D eigenvalue weighted by Crippen LogP contribution is 2.22. The molecule has 0 spiro atoms. The highest BCUT2D eigenvalue weighted by Gasteiger charge is 2.22. The first kappa shape index (κ1) is 18.5. The van der Waals surface area contributed by atoms with E-state index in [1.165, 1.54) is 16.7 Å². The third kappa shape index (κ3) is 4.44. The van der Waals surface area contributed by atoms with Crippen molar-refractivity contribution in [1.82, 2.24) is 9.80 Å². The Hall–Kier alpha value is -2.33. The van der Waals surface area contributed by atoms with Crippen LogP contribution in [0.25, 0.3) is 0 Å². The maximum Gasteiger partial charge on any atom is 0.321 e. The summed E-state index contributed by atoms with van der Waals surface area (Å²) < 4.78 is 0. The van der Waals surface area contributed by atoms with Crippen LogP contribution in [0.1, 0.15) is 27.8 Å². The average molecular weight is 351 g/mol. The number of rotatable bonds is 3. The molecule has 0 atom stereocenters. The molecular weight excluding hydrogens is 322 g/mol. The number of amides is 2. The summed E-state index contributed by atoms with van der Waals surface area (Å²) in [6.07, 6.45) is 0. The average Bonchev–Trinajstić information content (AvgIpc) is 2.58. The third-order valence-electron chi connectivity index (χ3n) is 5.06. The smallest absolute Gasteiger partial charge is 0.321 e. The molecule has 26 heavy (non-hydrogen) atoms. The lowest BCUT2D eigenvalue weighted by Gasteiger charge is -2.35. The summed E-state index contributed by atoms with van der Waals surface area (Å²) in [6, 6.07) is 12.9. The summed E-state index contributed by atoms with van der Waals surface area (Å²) in [5.41, 5.74) is 7.05. The second-order valence-corrected chi connectivity index (χ2v) is 7.46. The minimum atomic E-state index is 0.00950. The molecule has 3 rings (SSSR count). The fourth-order valence-corrected chi connectivity index (χ4v) is 3.74. The Labute approximate surface area is 156 Å².